The van der Waals surface area contributed by atoms with E-state index in [2.05, 4.69) is 10.2 Å². The van der Waals surface area contributed by atoms with Gasteiger partial charge in [-0.3, -0.25) is 0 Å². The lowest BCUT2D eigenvalue weighted by atomic mass is 10.3. The standard InChI is InChI=1S/C11H12ClN3O/c1-8-9(7-12)14-15(13-8)10-5-3-4-6-11(10)16-2/h3-6H,7H2,1-2H3. The third-order valence-electron chi connectivity index (χ3n) is 2.31. The van der Waals surface area contributed by atoms with Gasteiger partial charge in [0.2, 0.25) is 0 Å². The molecule has 0 spiro atoms. The number of nitrogens with zero attached hydrogens (tertiary/aromatic N) is 3. The molecule has 0 saturated heterocycles. The van der Waals surface area contributed by atoms with Crippen molar-refractivity contribution in [2.24, 2.45) is 0 Å². The Balaban J connectivity index is 2.49. The van der Waals surface area contributed by atoms with E-state index in [0.29, 0.717) is 5.88 Å². The van der Waals surface area contributed by atoms with Crippen LogP contribution < -0.4 is 4.74 Å². The van der Waals surface area contributed by atoms with E-state index in [4.69, 9.17) is 16.3 Å². The number of rotatable bonds is 3. The minimum absolute atomic E-state index is 0.362. The fourth-order valence-electron chi connectivity index (χ4n) is 1.44. The quantitative estimate of drug-likeness (QED) is 0.770. The monoisotopic (exact) mass is 237 g/mol. The van der Waals surface area contributed by atoms with Gasteiger partial charge in [-0.1, -0.05) is 12.1 Å². The Morgan fingerprint density at radius 3 is 2.69 bits per heavy atom. The van der Waals surface area contributed by atoms with Gasteiger partial charge in [0.05, 0.1) is 18.7 Å². The maximum atomic E-state index is 5.76. The van der Waals surface area contributed by atoms with Crippen LogP contribution in [0.5, 0.6) is 5.75 Å². The van der Waals surface area contributed by atoms with Crippen LogP contribution in [-0.4, -0.2) is 22.1 Å². The maximum absolute atomic E-state index is 5.76. The van der Waals surface area contributed by atoms with Gasteiger partial charge in [0.1, 0.15) is 17.1 Å². The van der Waals surface area contributed by atoms with E-state index in [0.717, 1.165) is 22.8 Å². The first-order valence-electron chi connectivity index (χ1n) is 4.88. The van der Waals surface area contributed by atoms with E-state index in [9.17, 15) is 0 Å². The van der Waals surface area contributed by atoms with Gasteiger partial charge in [0.15, 0.2) is 0 Å². The molecule has 1 heterocycles. The molecule has 0 fully saturated rings. The van der Waals surface area contributed by atoms with E-state index in [1.807, 2.05) is 31.2 Å². The highest BCUT2D eigenvalue weighted by molar-refractivity contribution is 6.16. The van der Waals surface area contributed by atoms with Crippen LogP contribution in [-0.2, 0) is 5.88 Å². The van der Waals surface area contributed by atoms with Crippen molar-refractivity contribution >= 4 is 11.6 Å². The predicted octanol–water partition coefficient (Wildman–Crippen LogP) is 2.32. The largest absolute Gasteiger partial charge is 0.494 e. The summed E-state index contributed by atoms with van der Waals surface area (Å²) in [4.78, 5) is 1.55. The molecule has 2 rings (SSSR count). The van der Waals surface area contributed by atoms with E-state index < -0.39 is 0 Å². The molecule has 2 aromatic rings. The van der Waals surface area contributed by atoms with Gasteiger partial charge in [-0.05, 0) is 19.1 Å². The zero-order chi connectivity index (χ0) is 11.5. The van der Waals surface area contributed by atoms with Gasteiger partial charge in [-0.25, -0.2) is 0 Å². The highest BCUT2D eigenvalue weighted by Crippen LogP contribution is 2.21. The molecule has 84 valence electrons. The molecule has 1 aromatic heterocycles. The number of para-hydroxylation sites is 2. The van der Waals surface area contributed by atoms with Gasteiger partial charge in [-0.2, -0.15) is 10.2 Å². The second-order valence-corrected chi connectivity index (χ2v) is 3.59. The Morgan fingerprint density at radius 1 is 1.31 bits per heavy atom. The summed E-state index contributed by atoms with van der Waals surface area (Å²) in [6.45, 7) is 1.89. The summed E-state index contributed by atoms with van der Waals surface area (Å²) in [5.74, 6) is 1.10. The first kappa shape index (κ1) is 11.0. The number of hydrogen-bond donors (Lipinski definition) is 0. The summed E-state index contributed by atoms with van der Waals surface area (Å²) < 4.78 is 5.25. The molecule has 0 aliphatic heterocycles. The third kappa shape index (κ3) is 1.88. The van der Waals surface area contributed by atoms with Gasteiger partial charge in [0, 0.05) is 0 Å². The van der Waals surface area contributed by atoms with Crippen LogP contribution in [0.25, 0.3) is 5.69 Å². The Bertz CT molecular complexity index is 496. The first-order chi connectivity index (χ1) is 7.76. The van der Waals surface area contributed by atoms with Crippen LogP contribution in [0.3, 0.4) is 0 Å². The lowest BCUT2D eigenvalue weighted by molar-refractivity contribution is 0.410. The number of halogens is 1. The van der Waals surface area contributed by atoms with Crippen LogP contribution in [0.1, 0.15) is 11.4 Å². The molecule has 0 radical (unpaired) electrons. The Labute approximate surface area is 98.8 Å². The molecule has 16 heavy (non-hydrogen) atoms. The van der Waals surface area contributed by atoms with Crippen molar-refractivity contribution in [1.82, 2.24) is 15.0 Å². The molecular formula is C11H12ClN3O. The Morgan fingerprint density at radius 2 is 2.06 bits per heavy atom. The van der Waals surface area contributed by atoms with Gasteiger partial charge >= 0.3 is 0 Å². The lowest BCUT2D eigenvalue weighted by Crippen LogP contribution is -2.01. The molecule has 0 aliphatic rings. The number of aromatic nitrogens is 3. The SMILES string of the molecule is COc1ccccc1-n1nc(C)c(CCl)n1. The van der Waals surface area contributed by atoms with Gasteiger partial charge in [-0.15, -0.1) is 16.4 Å². The highest BCUT2D eigenvalue weighted by atomic mass is 35.5. The minimum atomic E-state index is 0.362. The maximum Gasteiger partial charge on any atom is 0.146 e. The number of methoxy groups -OCH3 is 1. The summed E-state index contributed by atoms with van der Waals surface area (Å²) in [5, 5.41) is 8.60. The second-order valence-electron chi connectivity index (χ2n) is 3.33. The summed E-state index contributed by atoms with van der Waals surface area (Å²) in [5.41, 5.74) is 2.43. The zero-order valence-corrected chi connectivity index (χ0v) is 9.90. The molecule has 5 heteroatoms. The molecule has 0 amide bonds. The third-order valence-corrected chi connectivity index (χ3v) is 2.56. The second kappa shape index (κ2) is 4.53. The zero-order valence-electron chi connectivity index (χ0n) is 9.14. The molecule has 4 nitrogen and oxygen atoms in total. The predicted molar refractivity (Wildman–Crippen MR) is 62.2 cm³/mol. The Kier molecular flexibility index (Phi) is 3.10. The molecule has 1 aromatic carbocycles. The lowest BCUT2D eigenvalue weighted by Gasteiger charge is -2.05. The minimum Gasteiger partial charge on any atom is -0.494 e. The number of benzene rings is 1. The first-order valence-corrected chi connectivity index (χ1v) is 5.42. The summed E-state index contributed by atoms with van der Waals surface area (Å²) >= 11 is 5.76. The average Bonchev–Trinajstić information content (AvgIpc) is 2.70. The Hall–Kier alpha value is -1.55. The number of hydrogen-bond acceptors (Lipinski definition) is 3. The van der Waals surface area contributed by atoms with Crippen molar-refractivity contribution in [2.45, 2.75) is 12.8 Å². The van der Waals surface area contributed by atoms with Crippen LogP contribution in [0.15, 0.2) is 24.3 Å². The number of aryl methyl sites for hydroxylation is 1. The van der Waals surface area contributed by atoms with Crippen LogP contribution >= 0.6 is 11.6 Å². The van der Waals surface area contributed by atoms with Crippen molar-refractivity contribution in [3.8, 4) is 11.4 Å². The summed E-state index contributed by atoms with van der Waals surface area (Å²) in [7, 11) is 1.62. The van der Waals surface area contributed by atoms with E-state index >= 15 is 0 Å². The van der Waals surface area contributed by atoms with Gasteiger partial charge < -0.3 is 4.74 Å². The van der Waals surface area contributed by atoms with Crippen molar-refractivity contribution in [1.29, 1.82) is 0 Å². The average molecular weight is 238 g/mol. The number of ether oxygens (including phenoxy) is 1. The molecule has 0 N–H and O–H groups in total. The van der Waals surface area contributed by atoms with Crippen LogP contribution in [0.4, 0.5) is 0 Å². The topological polar surface area (TPSA) is 39.9 Å². The van der Waals surface area contributed by atoms with Crippen LogP contribution in [0.2, 0.25) is 0 Å². The van der Waals surface area contributed by atoms with Crippen LogP contribution in [0, 0.1) is 6.92 Å². The van der Waals surface area contributed by atoms with E-state index in [1.54, 1.807) is 11.9 Å². The fraction of sp³-hybridized carbons (Fsp3) is 0.273. The number of alkyl halides is 1. The molecule has 0 atom stereocenters. The highest BCUT2D eigenvalue weighted by Gasteiger charge is 2.10. The van der Waals surface area contributed by atoms with Crippen molar-refractivity contribution in [3.05, 3.63) is 35.7 Å². The normalized spacial score (nSPS) is 10.4. The van der Waals surface area contributed by atoms with Gasteiger partial charge in [0.25, 0.3) is 0 Å². The smallest absolute Gasteiger partial charge is 0.146 e. The molecule has 0 aliphatic carbocycles. The summed E-state index contributed by atoms with van der Waals surface area (Å²) in [6.07, 6.45) is 0. The van der Waals surface area contributed by atoms with Crippen molar-refractivity contribution < 1.29 is 4.74 Å². The molecule has 0 unspecified atom stereocenters. The summed E-state index contributed by atoms with van der Waals surface area (Å²) in [6, 6.07) is 7.59. The van der Waals surface area contributed by atoms with E-state index in [-0.39, 0.29) is 0 Å². The fourth-order valence-corrected chi connectivity index (χ4v) is 1.68. The van der Waals surface area contributed by atoms with Crippen molar-refractivity contribution in [3.63, 3.8) is 0 Å². The molecule has 0 bridgehead atoms. The van der Waals surface area contributed by atoms with E-state index in [1.165, 1.54) is 0 Å². The van der Waals surface area contributed by atoms with Crippen molar-refractivity contribution in [2.75, 3.05) is 7.11 Å². The molecule has 0 saturated carbocycles. The molecular weight excluding hydrogens is 226 g/mol.